The van der Waals surface area contributed by atoms with Crippen LogP contribution in [0.5, 0.6) is 0 Å². The molecule has 9 nitrogen and oxygen atoms in total. The van der Waals surface area contributed by atoms with E-state index < -0.39 is 12.0 Å². The lowest BCUT2D eigenvalue weighted by Crippen LogP contribution is -2.28. The molecule has 0 spiro atoms. The Morgan fingerprint density at radius 1 is 1.16 bits per heavy atom. The first kappa shape index (κ1) is 25.2. The minimum Gasteiger partial charge on any atom is -0.481 e. The SMILES string of the molecule is NC(N)=Nc1cccc(CONCCONC(CC(=O)O)c2cc(Cl)cc(Cl)c2Cl)c1. The third kappa shape index (κ3) is 8.88. The van der Waals surface area contributed by atoms with Gasteiger partial charge in [0.2, 0.25) is 0 Å². The summed E-state index contributed by atoms with van der Waals surface area (Å²) in [7, 11) is 0. The maximum Gasteiger partial charge on any atom is 0.305 e. The zero-order chi connectivity index (χ0) is 22.8. The number of rotatable bonds is 12. The fourth-order valence-electron chi connectivity index (χ4n) is 2.54. The van der Waals surface area contributed by atoms with Crippen LogP contribution in [0.1, 0.15) is 23.6 Å². The minimum atomic E-state index is -1.04. The molecule has 0 aliphatic heterocycles. The highest BCUT2D eigenvalue weighted by molar-refractivity contribution is 6.43. The van der Waals surface area contributed by atoms with Crippen LogP contribution in [0.15, 0.2) is 41.4 Å². The molecule has 0 saturated carbocycles. The summed E-state index contributed by atoms with van der Waals surface area (Å²) in [5, 5.41) is 9.93. The first-order chi connectivity index (χ1) is 14.8. The van der Waals surface area contributed by atoms with Gasteiger partial charge in [-0.25, -0.2) is 4.99 Å². The van der Waals surface area contributed by atoms with E-state index in [-0.39, 0.29) is 35.6 Å². The van der Waals surface area contributed by atoms with Gasteiger partial charge in [0.25, 0.3) is 0 Å². The van der Waals surface area contributed by atoms with Crippen LogP contribution in [0.3, 0.4) is 0 Å². The fraction of sp³-hybridized carbons (Fsp3) is 0.263. The van der Waals surface area contributed by atoms with E-state index in [9.17, 15) is 4.79 Å². The third-order valence-corrected chi connectivity index (χ3v) is 4.85. The molecule has 1 unspecified atom stereocenters. The fourth-order valence-corrected chi connectivity index (χ4v) is 3.29. The van der Waals surface area contributed by atoms with Gasteiger partial charge in [-0.3, -0.25) is 14.5 Å². The van der Waals surface area contributed by atoms with Gasteiger partial charge in [-0.05, 0) is 35.4 Å². The smallest absolute Gasteiger partial charge is 0.305 e. The number of carboxylic acid groups (broad SMARTS) is 1. The molecule has 0 aliphatic rings. The molecule has 2 aromatic rings. The second-order valence-corrected chi connectivity index (χ2v) is 7.52. The van der Waals surface area contributed by atoms with Gasteiger partial charge in [-0.2, -0.15) is 11.0 Å². The van der Waals surface area contributed by atoms with Gasteiger partial charge in [0.15, 0.2) is 5.96 Å². The first-order valence-electron chi connectivity index (χ1n) is 9.03. The maximum absolute atomic E-state index is 11.2. The predicted molar refractivity (Wildman–Crippen MR) is 120 cm³/mol. The van der Waals surface area contributed by atoms with Crippen LogP contribution in [0, 0.1) is 0 Å². The normalized spacial score (nSPS) is 11.8. The Kier molecular flexibility index (Phi) is 10.3. The largest absolute Gasteiger partial charge is 0.481 e. The maximum atomic E-state index is 11.2. The molecule has 0 amide bonds. The number of halogens is 3. The second kappa shape index (κ2) is 12.7. The number of nitrogens with zero attached hydrogens (tertiary/aromatic N) is 1. The summed E-state index contributed by atoms with van der Waals surface area (Å²) < 4.78 is 0. The van der Waals surface area contributed by atoms with Crippen molar-refractivity contribution in [1.29, 1.82) is 0 Å². The molecule has 0 radical (unpaired) electrons. The number of aliphatic carboxylic acids is 1. The molecule has 12 heteroatoms. The van der Waals surface area contributed by atoms with E-state index in [0.29, 0.717) is 22.8 Å². The summed E-state index contributed by atoms with van der Waals surface area (Å²) in [5.41, 5.74) is 18.1. The molecule has 168 valence electrons. The molecule has 0 heterocycles. The van der Waals surface area contributed by atoms with E-state index in [1.807, 2.05) is 12.1 Å². The molecule has 0 bridgehead atoms. The highest BCUT2D eigenvalue weighted by atomic mass is 35.5. The number of aliphatic imine (C=N–C) groups is 1. The van der Waals surface area contributed by atoms with Crippen LogP contribution in [0.25, 0.3) is 0 Å². The van der Waals surface area contributed by atoms with Crippen molar-refractivity contribution in [3.63, 3.8) is 0 Å². The number of hydroxylamine groups is 2. The van der Waals surface area contributed by atoms with Crippen molar-refractivity contribution in [3.05, 3.63) is 62.6 Å². The monoisotopic (exact) mass is 489 g/mol. The molecular formula is C19H22Cl3N5O4. The van der Waals surface area contributed by atoms with Crippen LogP contribution in [-0.2, 0) is 21.1 Å². The number of guanidine groups is 1. The average Bonchev–Trinajstić information content (AvgIpc) is 2.68. The summed E-state index contributed by atoms with van der Waals surface area (Å²) >= 11 is 18.2. The topological polar surface area (TPSA) is 144 Å². The zero-order valence-electron chi connectivity index (χ0n) is 16.3. The van der Waals surface area contributed by atoms with Crippen molar-refractivity contribution in [2.24, 2.45) is 16.5 Å². The van der Waals surface area contributed by atoms with E-state index in [0.717, 1.165) is 5.56 Å². The lowest BCUT2D eigenvalue weighted by molar-refractivity contribution is -0.138. The second-order valence-electron chi connectivity index (χ2n) is 6.30. The van der Waals surface area contributed by atoms with Crippen molar-refractivity contribution in [2.75, 3.05) is 13.2 Å². The number of carboxylic acids is 1. The van der Waals surface area contributed by atoms with Crippen molar-refractivity contribution in [3.8, 4) is 0 Å². The van der Waals surface area contributed by atoms with E-state index in [1.54, 1.807) is 12.1 Å². The standard InChI is InChI=1S/C19H22Cl3N5O4/c20-12-7-14(18(22)15(21)8-12)16(9-17(28)29)27-30-5-4-25-31-10-11-2-1-3-13(6-11)26-19(23)24/h1-3,6-8,16,25,27H,4-5,9-10H2,(H,28,29)(H4,23,24,26). The van der Waals surface area contributed by atoms with Gasteiger partial charge >= 0.3 is 5.97 Å². The molecular weight excluding hydrogens is 469 g/mol. The highest BCUT2D eigenvalue weighted by Gasteiger charge is 2.20. The quantitative estimate of drug-likeness (QED) is 0.100. The van der Waals surface area contributed by atoms with Crippen LogP contribution >= 0.6 is 34.8 Å². The van der Waals surface area contributed by atoms with Gasteiger partial charge in [0.05, 0.1) is 41.4 Å². The molecule has 0 fully saturated rings. The Labute approximate surface area is 194 Å². The Balaban J connectivity index is 1.78. The van der Waals surface area contributed by atoms with Gasteiger partial charge in [0, 0.05) is 11.6 Å². The molecule has 0 saturated heterocycles. The molecule has 2 aromatic carbocycles. The predicted octanol–water partition coefficient (Wildman–Crippen LogP) is 3.31. The number of benzene rings is 2. The number of nitrogens with two attached hydrogens (primary N) is 2. The summed E-state index contributed by atoms with van der Waals surface area (Å²) in [6.45, 7) is 0.778. The Bertz CT molecular complexity index is 925. The lowest BCUT2D eigenvalue weighted by Gasteiger charge is -2.19. The van der Waals surface area contributed by atoms with Crippen molar-refractivity contribution in [2.45, 2.75) is 19.1 Å². The average molecular weight is 491 g/mol. The van der Waals surface area contributed by atoms with Crippen molar-refractivity contribution >= 4 is 52.4 Å². The molecule has 7 N–H and O–H groups in total. The number of hydrogen-bond donors (Lipinski definition) is 5. The van der Waals surface area contributed by atoms with E-state index in [1.165, 1.54) is 12.1 Å². The molecule has 2 rings (SSSR count). The summed E-state index contributed by atoms with van der Waals surface area (Å²) in [4.78, 5) is 25.9. The Hall–Kier alpha value is -2.11. The van der Waals surface area contributed by atoms with Gasteiger partial charge in [0.1, 0.15) is 0 Å². The van der Waals surface area contributed by atoms with Crippen molar-refractivity contribution < 1.29 is 19.6 Å². The van der Waals surface area contributed by atoms with Crippen LogP contribution < -0.4 is 22.4 Å². The molecule has 1 atom stereocenters. The summed E-state index contributed by atoms with van der Waals surface area (Å²) in [6.07, 6.45) is -0.285. The Morgan fingerprint density at radius 2 is 1.94 bits per heavy atom. The van der Waals surface area contributed by atoms with Gasteiger partial charge < -0.3 is 16.6 Å². The zero-order valence-corrected chi connectivity index (χ0v) is 18.5. The third-order valence-electron chi connectivity index (χ3n) is 3.82. The molecule has 0 aromatic heterocycles. The number of carbonyl (C=O) groups is 1. The van der Waals surface area contributed by atoms with E-state index in [2.05, 4.69) is 16.0 Å². The van der Waals surface area contributed by atoms with Crippen molar-refractivity contribution in [1.82, 2.24) is 11.0 Å². The highest BCUT2D eigenvalue weighted by Crippen LogP contribution is 2.34. The molecule has 0 aliphatic carbocycles. The number of nitrogens with one attached hydrogen (secondary N) is 2. The van der Waals surface area contributed by atoms with Crippen LogP contribution in [0.2, 0.25) is 15.1 Å². The van der Waals surface area contributed by atoms with Gasteiger partial charge in [-0.1, -0.05) is 46.9 Å². The van der Waals surface area contributed by atoms with Crippen LogP contribution in [0.4, 0.5) is 5.69 Å². The summed E-state index contributed by atoms with van der Waals surface area (Å²) in [6, 6.07) is 9.49. The molecule has 31 heavy (non-hydrogen) atoms. The first-order valence-corrected chi connectivity index (χ1v) is 10.2. The van der Waals surface area contributed by atoms with Gasteiger partial charge in [-0.15, -0.1) is 0 Å². The lowest BCUT2D eigenvalue weighted by atomic mass is 10.0. The number of hydrogen-bond acceptors (Lipinski definition) is 6. The van der Waals surface area contributed by atoms with Crippen LogP contribution in [-0.4, -0.2) is 30.2 Å². The van der Waals surface area contributed by atoms with E-state index in [4.69, 9.17) is 61.1 Å². The van der Waals surface area contributed by atoms with E-state index >= 15 is 0 Å². The Morgan fingerprint density at radius 3 is 2.65 bits per heavy atom. The minimum absolute atomic E-state index is 0.0247. The summed E-state index contributed by atoms with van der Waals surface area (Å²) in [5.74, 6) is -1.07.